The normalized spacial score (nSPS) is 21.2. The van der Waals surface area contributed by atoms with Crippen LogP contribution in [0.4, 0.5) is 0 Å². The monoisotopic (exact) mass is 331 g/mol. The molecule has 1 aliphatic carbocycles. The van der Waals surface area contributed by atoms with E-state index in [4.69, 9.17) is 5.73 Å². The lowest BCUT2D eigenvalue weighted by molar-refractivity contribution is -0.121. The largest absolute Gasteiger partial charge is 0.353 e. The number of carbonyl (C=O) groups excluding carboxylic acids is 2. The van der Waals surface area contributed by atoms with E-state index < -0.39 is 0 Å². The van der Waals surface area contributed by atoms with Crippen molar-refractivity contribution in [1.82, 2.24) is 10.6 Å². The van der Waals surface area contributed by atoms with Crippen LogP contribution in [0.3, 0.4) is 0 Å². The highest BCUT2D eigenvalue weighted by molar-refractivity contribution is 7.12. The predicted octanol–water partition coefficient (Wildman–Crippen LogP) is 1.68. The summed E-state index contributed by atoms with van der Waals surface area (Å²) in [7, 11) is 0. The quantitative estimate of drug-likeness (QED) is 0.767. The van der Waals surface area contributed by atoms with E-state index >= 15 is 0 Å². The summed E-state index contributed by atoms with van der Waals surface area (Å²) in [4.78, 5) is 24.1. The van der Waals surface area contributed by atoms with Gasteiger partial charge in [0.15, 0.2) is 0 Å². The summed E-state index contributed by atoms with van der Waals surface area (Å²) in [6.07, 6.45) is 4.17. The fourth-order valence-electron chi connectivity index (χ4n) is 2.35. The molecule has 1 heterocycles. The Balaban J connectivity index is 0.00000220. The lowest BCUT2D eigenvalue weighted by Gasteiger charge is -2.26. The first kappa shape index (κ1) is 17.9. The summed E-state index contributed by atoms with van der Waals surface area (Å²) in [5.74, 6) is -0.117. The second-order valence-electron chi connectivity index (χ2n) is 5.16. The van der Waals surface area contributed by atoms with Gasteiger partial charge < -0.3 is 16.4 Å². The van der Waals surface area contributed by atoms with E-state index in [0.29, 0.717) is 17.8 Å². The zero-order valence-electron chi connectivity index (χ0n) is 11.8. The van der Waals surface area contributed by atoms with E-state index in [1.807, 2.05) is 11.4 Å². The van der Waals surface area contributed by atoms with Gasteiger partial charge in [-0.15, -0.1) is 23.7 Å². The van der Waals surface area contributed by atoms with Gasteiger partial charge in [0, 0.05) is 25.0 Å². The van der Waals surface area contributed by atoms with Gasteiger partial charge in [0.25, 0.3) is 5.91 Å². The second-order valence-corrected chi connectivity index (χ2v) is 6.11. The van der Waals surface area contributed by atoms with Crippen molar-refractivity contribution in [1.29, 1.82) is 0 Å². The Kier molecular flexibility index (Phi) is 7.71. The molecule has 2 amide bonds. The molecule has 0 radical (unpaired) electrons. The van der Waals surface area contributed by atoms with Crippen LogP contribution in [0.2, 0.25) is 0 Å². The summed E-state index contributed by atoms with van der Waals surface area (Å²) in [5.41, 5.74) is 5.83. The molecule has 4 N–H and O–H groups in total. The molecule has 0 aromatic carbocycles. The molecular weight excluding hydrogens is 310 g/mol. The smallest absolute Gasteiger partial charge is 0.261 e. The van der Waals surface area contributed by atoms with Crippen LogP contribution >= 0.6 is 23.7 Å². The van der Waals surface area contributed by atoms with Gasteiger partial charge in [0.2, 0.25) is 5.91 Å². The molecule has 1 saturated carbocycles. The Morgan fingerprint density at radius 2 is 2.00 bits per heavy atom. The van der Waals surface area contributed by atoms with Crippen LogP contribution in [0.15, 0.2) is 17.5 Å². The maximum absolute atomic E-state index is 11.8. The average molecular weight is 332 g/mol. The Bertz CT molecular complexity index is 445. The van der Waals surface area contributed by atoms with Crippen LogP contribution in [0.25, 0.3) is 0 Å². The van der Waals surface area contributed by atoms with Gasteiger partial charge in [-0.3, -0.25) is 9.59 Å². The van der Waals surface area contributed by atoms with E-state index in [1.54, 1.807) is 6.07 Å². The Labute approximate surface area is 135 Å². The summed E-state index contributed by atoms with van der Waals surface area (Å²) in [6, 6.07) is 4.13. The van der Waals surface area contributed by atoms with Gasteiger partial charge in [-0.1, -0.05) is 6.07 Å². The van der Waals surface area contributed by atoms with Crippen molar-refractivity contribution in [3.8, 4) is 0 Å². The van der Waals surface area contributed by atoms with Crippen molar-refractivity contribution in [2.75, 3.05) is 6.54 Å². The van der Waals surface area contributed by atoms with Crippen LogP contribution in [0, 0.1) is 0 Å². The summed E-state index contributed by atoms with van der Waals surface area (Å²) >= 11 is 1.39. The third-order valence-electron chi connectivity index (χ3n) is 3.52. The number of amides is 2. The molecule has 0 atom stereocenters. The first-order valence-corrected chi connectivity index (χ1v) is 7.90. The zero-order chi connectivity index (χ0) is 14.4. The fraction of sp³-hybridized carbons (Fsp3) is 0.571. The van der Waals surface area contributed by atoms with E-state index in [9.17, 15) is 9.59 Å². The third kappa shape index (κ3) is 6.03. The molecule has 0 aliphatic heterocycles. The Hall–Kier alpha value is -1.11. The fourth-order valence-corrected chi connectivity index (χ4v) is 2.99. The average Bonchev–Trinajstić information content (AvgIpc) is 2.95. The van der Waals surface area contributed by atoms with Gasteiger partial charge in [-0.2, -0.15) is 0 Å². The van der Waals surface area contributed by atoms with E-state index in [0.717, 1.165) is 25.7 Å². The zero-order valence-corrected chi connectivity index (χ0v) is 13.5. The van der Waals surface area contributed by atoms with Crippen molar-refractivity contribution in [3.63, 3.8) is 0 Å². The van der Waals surface area contributed by atoms with Gasteiger partial charge in [-0.05, 0) is 37.1 Å². The van der Waals surface area contributed by atoms with Crippen LogP contribution in [0.1, 0.15) is 41.8 Å². The minimum atomic E-state index is -0.114. The molecule has 2 rings (SSSR count). The van der Waals surface area contributed by atoms with Gasteiger partial charge in [0.05, 0.1) is 4.88 Å². The van der Waals surface area contributed by atoms with Crippen LogP contribution in [0.5, 0.6) is 0 Å². The number of rotatable bonds is 5. The number of nitrogens with one attached hydrogen (secondary N) is 2. The summed E-state index contributed by atoms with van der Waals surface area (Å²) in [5, 5.41) is 7.61. The van der Waals surface area contributed by atoms with Gasteiger partial charge in [-0.25, -0.2) is 0 Å². The Morgan fingerprint density at radius 1 is 1.29 bits per heavy atom. The van der Waals surface area contributed by atoms with E-state index in [1.165, 1.54) is 11.3 Å². The van der Waals surface area contributed by atoms with Gasteiger partial charge >= 0.3 is 0 Å². The van der Waals surface area contributed by atoms with Gasteiger partial charge in [0.1, 0.15) is 0 Å². The maximum Gasteiger partial charge on any atom is 0.261 e. The molecule has 118 valence electrons. The van der Waals surface area contributed by atoms with E-state index in [2.05, 4.69) is 10.6 Å². The second kappa shape index (κ2) is 9.02. The van der Waals surface area contributed by atoms with Crippen LogP contribution in [-0.2, 0) is 4.79 Å². The molecule has 1 aromatic heterocycles. The number of carbonyl (C=O) groups is 2. The minimum absolute atomic E-state index is 0. The molecule has 7 heteroatoms. The molecule has 0 saturated heterocycles. The van der Waals surface area contributed by atoms with Crippen molar-refractivity contribution in [2.24, 2.45) is 5.73 Å². The Morgan fingerprint density at radius 3 is 2.62 bits per heavy atom. The first-order valence-electron chi connectivity index (χ1n) is 7.02. The predicted molar refractivity (Wildman–Crippen MR) is 86.9 cm³/mol. The van der Waals surface area contributed by atoms with Crippen LogP contribution in [-0.4, -0.2) is 30.4 Å². The standard InChI is InChI=1S/C14H21N3O2S.ClH/c15-10-3-5-11(6-4-10)17-13(18)7-8-16-14(19)12-2-1-9-20-12;/h1-2,9-11H,3-8,15H2,(H,16,19)(H,17,18);1H. The number of halogens is 1. The third-order valence-corrected chi connectivity index (χ3v) is 4.39. The highest BCUT2D eigenvalue weighted by Crippen LogP contribution is 2.16. The lowest BCUT2D eigenvalue weighted by atomic mass is 9.92. The highest BCUT2D eigenvalue weighted by Gasteiger charge is 2.19. The molecule has 0 spiro atoms. The topological polar surface area (TPSA) is 84.2 Å². The number of hydrogen-bond donors (Lipinski definition) is 3. The highest BCUT2D eigenvalue weighted by atomic mass is 35.5. The first-order chi connectivity index (χ1) is 9.65. The number of hydrogen-bond acceptors (Lipinski definition) is 4. The molecule has 1 fully saturated rings. The van der Waals surface area contributed by atoms with Crippen LogP contribution < -0.4 is 16.4 Å². The summed E-state index contributed by atoms with van der Waals surface area (Å²) in [6.45, 7) is 0.370. The molecule has 0 bridgehead atoms. The molecule has 5 nitrogen and oxygen atoms in total. The SMILES string of the molecule is Cl.NC1CCC(NC(=O)CCNC(=O)c2cccs2)CC1. The van der Waals surface area contributed by atoms with Crippen molar-refractivity contribution in [3.05, 3.63) is 22.4 Å². The lowest BCUT2D eigenvalue weighted by Crippen LogP contribution is -2.41. The molecule has 21 heavy (non-hydrogen) atoms. The van der Waals surface area contributed by atoms with Crippen molar-refractivity contribution >= 4 is 35.6 Å². The summed E-state index contributed by atoms with van der Waals surface area (Å²) < 4.78 is 0. The van der Waals surface area contributed by atoms with Crippen molar-refractivity contribution in [2.45, 2.75) is 44.2 Å². The minimum Gasteiger partial charge on any atom is -0.353 e. The number of thiophene rings is 1. The molecule has 1 aliphatic rings. The van der Waals surface area contributed by atoms with E-state index in [-0.39, 0.29) is 36.3 Å². The maximum atomic E-state index is 11.8. The molecular formula is C14H22ClN3O2S. The number of nitrogens with two attached hydrogens (primary N) is 1. The van der Waals surface area contributed by atoms with Crippen molar-refractivity contribution < 1.29 is 9.59 Å². The molecule has 0 unspecified atom stereocenters. The molecule has 1 aromatic rings.